The Morgan fingerprint density at radius 3 is 2.68 bits per heavy atom. The molecule has 0 aliphatic rings. The number of hydrogen-bond acceptors (Lipinski definition) is 3. The summed E-state index contributed by atoms with van der Waals surface area (Å²) in [5.41, 5.74) is 1.35. The van der Waals surface area contributed by atoms with Crippen molar-refractivity contribution in [2.45, 2.75) is 6.42 Å². The van der Waals surface area contributed by atoms with Crippen molar-refractivity contribution in [2.75, 3.05) is 6.61 Å². The monoisotopic (exact) mass is 276 g/mol. The number of para-hydroxylation sites is 1. The zero-order chi connectivity index (χ0) is 13.7. The Labute approximate surface area is 116 Å². The van der Waals surface area contributed by atoms with Crippen LogP contribution in [0.4, 0.5) is 0 Å². The first kappa shape index (κ1) is 13.6. The summed E-state index contributed by atoms with van der Waals surface area (Å²) >= 11 is 5.95. The highest BCUT2D eigenvalue weighted by atomic mass is 35.5. The fourth-order valence-corrected chi connectivity index (χ4v) is 1.94. The standard InChI is InChI=1S/C15H13ClO3/c16-14-9-13(6-5-12(14)10-18)19-15-4-2-1-3-11(15)7-8-17/h1-6,9-10,17H,7-8H2. The number of ether oxygens (including phenoxy) is 1. The maximum atomic E-state index is 10.7. The Morgan fingerprint density at radius 2 is 2.00 bits per heavy atom. The van der Waals surface area contributed by atoms with Crippen molar-refractivity contribution in [1.82, 2.24) is 0 Å². The molecule has 2 rings (SSSR count). The van der Waals surface area contributed by atoms with Crippen molar-refractivity contribution in [3.05, 3.63) is 58.6 Å². The number of carbonyl (C=O) groups excluding carboxylic acids is 1. The van der Waals surface area contributed by atoms with Gasteiger partial charge in [-0.25, -0.2) is 0 Å². The van der Waals surface area contributed by atoms with Crippen LogP contribution < -0.4 is 4.74 Å². The van der Waals surface area contributed by atoms with E-state index in [0.717, 1.165) is 5.56 Å². The predicted molar refractivity (Wildman–Crippen MR) is 74.1 cm³/mol. The molecule has 0 unspecified atom stereocenters. The summed E-state index contributed by atoms with van der Waals surface area (Å²) in [6.45, 7) is 0.0607. The van der Waals surface area contributed by atoms with E-state index in [1.165, 1.54) is 0 Å². The lowest BCUT2D eigenvalue weighted by Gasteiger charge is -2.11. The molecular weight excluding hydrogens is 264 g/mol. The van der Waals surface area contributed by atoms with Crippen LogP contribution in [-0.2, 0) is 6.42 Å². The summed E-state index contributed by atoms with van der Waals surface area (Å²) in [5, 5.41) is 9.36. The van der Waals surface area contributed by atoms with Crippen molar-refractivity contribution in [3.63, 3.8) is 0 Å². The second-order valence-corrected chi connectivity index (χ2v) is 4.39. The first-order valence-electron chi connectivity index (χ1n) is 5.86. The van der Waals surface area contributed by atoms with E-state index in [4.69, 9.17) is 21.4 Å². The predicted octanol–water partition coefficient (Wildman–Crippen LogP) is 3.48. The highest BCUT2D eigenvalue weighted by Crippen LogP contribution is 2.28. The van der Waals surface area contributed by atoms with Crippen LogP contribution in [0.1, 0.15) is 15.9 Å². The second-order valence-electron chi connectivity index (χ2n) is 3.98. The minimum atomic E-state index is 0.0607. The first-order chi connectivity index (χ1) is 9.24. The number of benzene rings is 2. The Balaban J connectivity index is 2.26. The summed E-state index contributed by atoms with van der Waals surface area (Å²) in [5.74, 6) is 1.23. The third kappa shape index (κ3) is 3.34. The smallest absolute Gasteiger partial charge is 0.151 e. The highest BCUT2D eigenvalue weighted by Gasteiger charge is 2.06. The molecule has 0 bridgehead atoms. The van der Waals surface area contributed by atoms with E-state index < -0.39 is 0 Å². The molecule has 0 saturated heterocycles. The van der Waals surface area contributed by atoms with Gasteiger partial charge in [0.15, 0.2) is 6.29 Å². The lowest BCUT2D eigenvalue weighted by molar-refractivity contribution is 0.112. The molecule has 98 valence electrons. The number of aliphatic hydroxyl groups excluding tert-OH is 1. The largest absolute Gasteiger partial charge is 0.457 e. The van der Waals surface area contributed by atoms with Gasteiger partial charge in [0.05, 0.1) is 5.02 Å². The molecule has 0 aliphatic carbocycles. The van der Waals surface area contributed by atoms with Gasteiger partial charge in [-0.05, 0) is 30.2 Å². The van der Waals surface area contributed by atoms with Gasteiger partial charge in [0, 0.05) is 18.2 Å². The van der Waals surface area contributed by atoms with Crippen molar-refractivity contribution in [2.24, 2.45) is 0 Å². The van der Waals surface area contributed by atoms with Gasteiger partial charge < -0.3 is 9.84 Å². The Morgan fingerprint density at radius 1 is 1.21 bits per heavy atom. The van der Waals surface area contributed by atoms with Gasteiger partial charge >= 0.3 is 0 Å². The van der Waals surface area contributed by atoms with E-state index in [1.54, 1.807) is 18.2 Å². The molecule has 0 atom stereocenters. The van der Waals surface area contributed by atoms with E-state index >= 15 is 0 Å². The number of hydrogen-bond donors (Lipinski definition) is 1. The SMILES string of the molecule is O=Cc1ccc(Oc2ccccc2CCO)cc1Cl. The summed E-state index contributed by atoms with van der Waals surface area (Å²) in [6, 6.07) is 12.4. The van der Waals surface area contributed by atoms with E-state index in [1.807, 2.05) is 24.3 Å². The van der Waals surface area contributed by atoms with E-state index in [0.29, 0.717) is 34.8 Å². The van der Waals surface area contributed by atoms with Crippen molar-refractivity contribution in [1.29, 1.82) is 0 Å². The van der Waals surface area contributed by atoms with E-state index in [9.17, 15) is 4.79 Å². The molecule has 0 saturated carbocycles. The maximum absolute atomic E-state index is 10.7. The minimum absolute atomic E-state index is 0.0607. The van der Waals surface area contributed by atoms with Crippen LogP contribution in [0.2, 0.25) is 5.02 Å². The van der Waals surface area contributed by atoms with E-state index in [-0.39, 0.29) is 6.61 Å². The van der Waals surface area contributed by atoms with Crippen LogP contribution in [0.3, 0.4) is 0 Å². The fourth-order valence-electron chi connectivity index (χ4n) is 1.72. The third-order valence-electron chi connectivity index (χ3n) is 2.68. The average molecular weight is 277 g/mol. The summed E-state index contributed by atoms with van der Waals surface area (Å²) in [6.07, 6.45) is 1.22. The van der Waals surface area contributed by atoms with Crippen LogP contribution in [-0.4, -0.2) is 18.0 Å². The van der Waals surface area contributed by atoms with Gasteiger partial charge in [-0.15, -0.1) is 0 Å². The Kier molecular flexibility index (Phi) is 4.55. The molecular formula is C15H13ClO3. The van der Waals surface area contributed by atoms with Gasteiger partial charge in [0.25, 0.3) is 0 Å². The molecule has 0 spiro atoms. The molecule has 4 heteroatoms. The van der Waals surface area contributed by atoms with Crippen LogP contribution >= 0.6 is 11.6 Å². The van der Waals surface area contributed by atoms with Crippen LogP contribution in [0.15, 0.2) is 42.5 Å². The number of aldehydes is 1. The second kappa shape index (κ2) is 6.36. The number of aliphatic hydroxyl groups is 1. The van der Waals surface area contributed by atoms with Crippen LogP contribution in [0.25, 0.3) is 0 Å². The van der Waals surface area contributed by atoms with Crippen molar-refractivity contribution >= 4 is 17.9 Å². The molecule has 2 aromatic rings. The van der Waals surface area contributed by atoms with Gasteiger partial charge in [-0.1, -0.05) is 29.8 Å². The zero-order valence-corrected chi connectivity index (χ0v) is 10.9. The number of halogens is 1. The van der Waals surface area contributed by atoms with Gasteiger partial charge in [-0.2, -0.15) is 0 Å². The average Bonchev–Trinajstić information content (AvgIpc) is 2.41. The molecule has 2 aromatic carbocycles. The first-order valence-corrected chi connectivity index (χ1v) is 6.23. The van der Waals surface area contributed by atoms with Gasteiger partial charge in [-0.3, -0.25) is 4.79 Å². The van der Waals surface area contributed by atoms with Crippen LogP contribution in [0, 0.1) is 0 Å². The third-order valence-corrected chi connectivity index (χ3v) is 3.01. The Bertz CT molecular complexity index is 581. The summed E-state index contributed by atoms with van der Waals surface area (Å²) in [7, 11) is 0. The summed E-state index contributed by atoms with van der Waals surface area (Å²) < 4.78 is 5.73. The van der Waals surface area contributed by atoms with Gasteiger partial charge in [0.2, 0.25) is 0 Å². The summed E-state index contributed by atoms with van der Waals surface area (Å²) in [4.78, 5) is 10.7. The highest BCUT2D eigenvalue weighted by molar-refractivity contribution is 6.33. The molecule has 0 aromatic heterocycles. The van der Waals surface area contributed by atoms with Crippen molar-refractivity contribution < 1.29 is 14.6 Å². The van der Waals surface area contributed by atoms with Crippen molar-refractivity contribution in [3.8, 4) is 11.5 Å². The quantitative estimate of drug-likeness (QED) is 0.851. The number of carbonyl (C=O) groups is 1. The zero-order valence-electron chi connectivity index (χ0n) is 10.2. The molecule has 0 radical (unpaired) electrons. The molecule has 0 amide bonds. The van der Waals surface area contributed by atoms with E-state index in [2.05, 4.69) is 0 Å². The molecule has 0 fully saturated rings. The lowest BCUT2D eigenvalue weighted by atomic mass is 10.1. The maximum Gasteiger partial charge on any atom is 0.151 e. The molecule has 3 nitrogen and oxygen atoms in total. The molecule has 0 aliphatic heterocycles. The Hall–Kier alpha value is -1.84. The molecule has 1 N–H and O–H groups in total. The fraction of sp³-hybridized carbons (Fsp3) is 0.133. The van der Waals surface area contributed by atoms with Crippen LogP contribution in [0.5, 0.6) is 11.5 Å². The number of rotatable bonds is 5. The normalized spacial score (nSPS) is 10.2. The minimum Gasteiger partial charge on any atom is -0.457 e. The molecule has 19 heavy (non-hydrogen) atoms. The lowest BCUT2D eigenvalue weighted by Crippen LogP contribution is -1.95. The topological polar surface area (TPSA) is 46.5 Å². The van der Waals surface area contributed by atoms with Gasteiger partial charge in [0.1, 0.15) is 11.5 Å². The molecule has 0 heterocycles.